The van der Waals surface area contributed by atoms with E-state index in [1.54, 1.807) is 24.3 Å². The summed E-state index contributed by atoms with van der Waals surface area (Å²) in [6.45, 7) is 0.692. The summed E-state index contributed by atoms with van der Waals surface area (Å²) < 4.78 is 0. The zero-order valence-corrected chi connectivity index (χ0v) is 9.92. The number of carboxylic acid groups (broad SMARTS) is 1. The smallest absolute Gasteiger partial charge is 0.317 e. The number of aliphatic carboxylic acids is 1. The molecule has 0 spiro atoms. The number of nitrogens with zero attached hydrogens (tertiary/aromatic N) is 2. The number of carbonyl (C=O) groups is 1. The molecule has 4 nitrogen and oxygen atoms in total. The topological polar surface area (TPSA) is 53.4 Å². The summed E-state index contributed by atoms with van der Waals surface area (Å²) in [5.74, 6) is -0.809. The molecule has 0 aliphatic heterocycles. The summed E-state index contributed by atoms with van der Waals surface area (Å²) in [5, 5.41) is 8.51. The minimum absolute atomic E-state index is 0. The number of pyridine rings is 1. The maximum atomic E-state index is 10.3. The van der Waals surface area contributed by atoms with Crippen LogP contribution in [0.2, 0.25) is 0 Å². The van der Waals surface area contributed by atoms with Crippen molar-refractivity contribution in [2.24, 2.45) is 0 Å². The lowest BCUT2D eigenvalue weighted by Crippen LogP contribution is -2.25. The largest absolute Gasteiger partial charge is 0.480 e. The Labute approximate surface area is 101 Å². The fraction of sp³-hybridized carbons (Fsp3) is 0.333. The maximum absolute atomic E-state index is 10.3. The quantitative estimate of drug-likeness (QED) is 0.882. The van der Waals surface area contributed by atoms with Crippen molar-refractivity contribution in [2.75, 3.05) is 13.6 Å². The molecular formula is C9H14Cl2N2O2. The molecule has 1 aromatic heterocycles. The molecule has 0 saturated carbocycles. The van der Waals surface area contributed by atoms with Crippen molar-refractivity contribution in [3.63, 3.8) is 0 Å². The molecule has 0 saturated heterocycles. The monoisotopic (exact) mass is 252 g/mol. The van der Waals surface area contributed by atoms with Crippen LogP contribution in [0.3, 0.4) is 0 Å². The van der Waals surface area contributed by atoms with Crippen LogP contribution >= 0.6 is 24.8 Å². The van der Waals surface area contributed by atoms with Crippen molar-refractivity contribution in [3.05, 3.63) is 30.1 Å². The molecule has 0 atom stereocenters. The third kappa shape index (κ3) is 7.13. The van der Waals surface area contributed by atoms with E-state index in [4.69, 9.17) is 5.11 Å². The van der Waals surface area contributed by atoms with Crippen LogP contribution in [0.5, 0.6) is 0 Å². The molecule has 0 amide bonds. The molecule has 1 aromatic rings. The maximum Gasteiger partial charge on any atom is 0.317 e. The number of carboxylic acids is 1. The first-order valence-electron chi connectivity index (χ1n) is 3.97. The Morgan fingerprint density at radius 2 is 1.93 bits per heavy atom. The lowest BCUT2D eigenvalue weighted by molar-refractivity contribution is -0.138. The van der Waals surface area contributed by atoms with Gasteiger partial charge in [-0.15, -0.1) is 24.8 Å². The first-order chi connectivity index (χ1) is 6.18. The first-order valence-corrected chi connectivity index (χ1v) is 3.97. The van der Waals surface area contributed by atoms with Crippen LogP contribution in [-0.2, 0) is 11.3 Å². The van der Waals surface area contributed by atoms with Crippen LogP contribution in [0, 0.1) is 0 Å². The molecule has 15 heavy (non-hydrogen) atoms. The first kappa shape index (κ1) is 16.6. The Morgan fingerprint density at radius 3 is 2.40 bits per heavy atom. The van der Waals surface area contributed by atoms with Gasteiger partial charge in [0.2, 0.25) is 0 Å². The third-order valence-corrected chi connectivity index (χ3v) is 1.61. The third-order valence-electron chi connectivity index (χ3n) is 1.61. The Bertz CT molecular complexity index is 283. The average Bonchev–Trinajstić information content (AvgIpc) is 2.04. The van der Waals surface area contributed by atoms with Gasteiger partial charge in [0.15, 0.2) is 0 Å². The van der Waals surface area contributed by atoms with Gasteiger partial charge < -0.3 is 5.11 Å². The summed E-state index contributed by atoms with van der Waals surface area (Å²) in [5.41, 5.74) is 1.07. The highest BCUT2D eigenvalue weighted by atomic mass is 35.5. The van der Waals surface area contributed by atoms with Crippen molar-refractivity contribution in [2.45, 2.75) is 6.54 Å². The van der Waals surface area contributed by atoms with Crippen molar-refractivity contribution in [1.29, 1.82) is 0 Å². The predicted octanol–water partition coefficient (Wildman–Crippen LogP) is 1.44. The van der Waals surface area contributed by atoms with Gasteiger partial charge in [0.25, 0.3) is 0 Å². The number of halogens is 2. The minimum atomic E-state index is -0.809. The molecule has 0 aromatic carbocycles. The van der Waals surface area contributed by atoms with Gasteiger partial charge in [0.05, 0.1) is 6.54 Å². The van der Waals surface area contributed by atoms with Gasteiger partial charge in [0, 0.05) is 18.9 Å². The molecule has 0 radical (unpaired) electrons. The highest BCUT2D eigenvalue weighted by molar-refractivity contribution is 5.85. The molecule has 0 unspecified atom stereocenters. The van der Waals surface area contributed by atoms with Crippen molar-refractivity contribution in [1.82, 2.24) is 9.88 Å². The van der Waals surface area contributed by atoms with Crippen LogP contribution < -0.4 is 0 Å². The summed E-state index contributed by atoms with van der Waals surface area (Å²) in [7, 11) is 1.77. The molecule has 0 fully saturated rings. The number of rotatable bonds is 4. The fourth-order valence-corrected chi connectivity index (χ4v) is 1.09. The van der Waals surface area contributed by atoms with Crippen LogP contribution in [0.15, 0.2) is 24.5 Å². The van der Waals surface area contributed by atoms with Crippen molar-refractivity contribution >= 4 is 30.8 Å². The van der Waals surface area contributed by atoms with Crippen LogP contribution in [0.25, 0.3) is 0 Å². The second-order valence-electron chi connectivity index (χ2n) is 2.92. The zero-order chi connectivity index (χ0) is 9.68. The molecule has 0 aliphatic rings. The molecule has 0 aliphatic carbocycles. The van der Waals surface area contributed by atoms with E-state index in [0.717, 1.165) is 5.56 Å². The lowest BCUT2D eigenvalue weighted by Gasteiger charge is -2.13. The fourth-order valence-electron chi connectivity index (χ4n) is 1.09. The summed E-state index contributed by atoms with van der Waals surface area (Å²) >= 11 is 0. The Morgan fingerprint density at radius 1 is 1.40 bits per heavy atom. The highest BCUT2D eigenvalue weighted by Crippen LogP contribution is 1.99. The SMILES string of the molecule is CN(CC(=O)O)Cc1ccncc1.Cl.Cl. The minimum Gasteiger partial charge on any atom is -0.480 e. The molecule has 1 heterocycles. The van der Waals surface area contributed by atoms with Gasteiger partial charge in [0.1, 0.15) is 0 Å². The lowest BCUT2D eigenvalue weighted by atomic mass is 10.2. The highest BCUT2D eigenvalue weighted by Gasteiger charge is 2.03. The van der Waals surface area contributed by atoms with E-state index in [-0.39, 0.29) is 31.4 Å². The normalized spacial score (nSPS) is 8.93. The van der Waals surface area contributed by atoms with E-state index >= 15 is 0 Å². The van der Waals surface area contributed by atoms with Crippen molar-refractivity contribution < 1.29 is 9.90 Å². The number of hydrogen-bond donors (Lipinski definition) is 1. The van der Waals surface area contributed by atoms with E-state index in [1.165, 1.54) is 0 Å². The molecule has 0 bridgehead atoms. The summed E-state index contributed by atoms with van der Waals surface area (Å²) in [6, 6.07) is 3.75. The second-order valence-corrected chi connectivity index (χ2v) is 2.92. The van der Waals surface area contributed by atoms with Gasteiger partial charge in [-0.25, -0.2) is 0 Å². The Hall–Kier alpha value is -0.840. The molecule has 6 heteroatoms. The average molecular weight is 253 g/mol. The van der Waals surface area contributed by atoms with Crippen LogP contribution in [-0.4, -0.2) is 34.6 Å². The molecule has 86 valence electrons. The number of hydrogen-bond acceptors (Lipinski definition) is 3. The van der Waals surface area contributed by atoms with Gasteiger partial charge in [-0.1, -0.05) is 0 Å². The van der Waals surface area contributed by atoms with E-state index in [2.05, 4.69) is 4.98 Å². The van der Waals surface area contributed by atoms with Gasteiger partial charge >= 0.3 is 5.97 Å². The number of aromatic nitrogens is 1. The molecular weight excluding hydrogens is 239 g/mol. The van der Waals surface area contributed by atoms with E-state index in [9.17, 15) is 4.79 Å². The Kier molecular flexibility index (Phi) is 9.36. The molecule has 1 N–H and O–H groups in total. The van der Waals surface area contributed by atoms with Gasteiger partial charge in [-0.05, 0) is 24.7 Å². The predicted molar refractivity (Wildman–Crippen MR) is 62.7 cm³/mol. The second kappa shape index (κ2) is 8.47. The van der Waals surface area contributed by atoms with E-state index in [0.29, 0.717) is 6.54 Å². The van der Waals surface area contributed by atoms with Crippen LogP contribution in [0.1, 0.15) is 5.56 Å². The Balaban J connectivity index is 0. The summed E-state index contributed by atoms with van der Waals surface area (Å²) in [6.07, 6.45) is 3.40. The zero-order valence-electron chi connectivity index (χ0n) is 8.29. The van der Waals surface area contributed by atoms with Crippen LogP contribution in [0.4, 0.5) is 0 Å². The van der Waals surface area contributed by atoms with E-state index in [1.807, 2.05) is 12.1 Å². The molecule has 1 rings (SSSR count). The number of likely N-dealkylation sites (N-methyl/N-ethyl adjacent to an activating group) is 1. The van der Waals surface area contributed by atoms with Gasteiger partial charge in [-0.2, -0.15) is 0 Å². The van der Waals surface area contributed by atoms with Gasteiger partial charge in [-0.3, -0.25) is 14.7 Å². The standard InChI is InChI=1S/C9H12N2O2.2ClH/c1-11(7-9(12)13)6-8-2-4-10-5-3-8;;/h2-5H,6-7H2,1H3,(H,12,13);2*1H. The summed E-state index contributed by atoms with van der Waals surface area (Å²) in [4.78, 5) is 16.0. The van der Waals surface area contributed by atoms with Crippen molar-refractivity contribution in [3.8, 4) is 0 Å². The van der Waals surface area contributed by atoms with E-state index < -0.39 is 5.97 Å².